The zero-order valence-corrected chi connectivity index (χ0v) is 10.2. The zero-order valence-electron chi connectivity index (χ0n) is 8.54. The molecule has 0 saturated carbocycles. The van der Waals surface area contributed by atoms with Crippen molar-refractivity contribution in [2.45, 2.75) is 4.34 Å². The number of carbonyl (C=O) groups is 1. The Labute approximate surface area is 101 Å². The minimum Gasteiger partial charge on any atom is -0.466 e. The van der Waals surface area contributed by atoms with Crippen LogP contribution in [0.15, 0.2) is 40.1 Å². The Bertz CT molecular complexity index is 501. The normalized spacial score (nSPS) is 11.1. The molecule has 1 aromatic carbocycles. The van der Waals surface area contributed by atoms with E-state index in [-0.39, 0.29) is 5.97 Å². The minimum absolute atomic E-state index is 0.353. The summed E-state index contributed by atoms with van der Waals surface area (Å²) in [5.41, 5.74) is 0.987. The van der Waals surface area contributed by atoms with Crippen molar-refractivity contribution < 1.29 is 9.53 Å². The van der Waals surface area contributed by atoms with Crippen LogP contribution in [0.5, 0.6) is 0 Å². The molecule has 16 heavy (non-hydrogen) atoms. The molecule has 0 saturated heterocycles. The van der Waals surface area contributed by atoms with E-state index in [1.165, 1.54) is 24.9 Å². The number of esters is 1. The molecule has 1 heterocycles. The highest BCUT2D eigenvalue weighted by Gasteiger charge is 2.01. The van der Waals surface area contributed by atoms with Gasteiger partial charge in [-0.15, -0.1) is 11.3 Å². The molecule has 0 aliphatic carbocycles. The van der Waals surface area contributed by atoms with Gasteiger partial charge in [0.1, 0.15) is 0 Å². The van der Waals surface area contributed by atoms with Crippen LogP contribution in [0, 0.1) is 0 Å². The molecular formula is C11H9NO2S2. The first-order valence-corrected chi connectivity index (χ1v) is 6.26. The lowest BCUT2D eigenvalue weighted by molar-refractivity contribution is -0.134. The van der Waals surface area contributed by atoms with Crippen molar-refractivity contribution in [1.29, 1.82) is 0 Å². The monoisotopic (exact) mass is 251 g/mol. The lowest BCUT2D eigenvalue weighted by atomic mass is 10.3. The number of benzene rings is 1. The molecule has 3 nitrogen and oxygen atoms in total. The van der Waals surface area contributed by atoms with Gasteiger partial charge in [0.2, 0.25) is 0 Å². The molecule has 82 valence electrons. The highest BCUT2D eigenvalue weighted by Crippen LogP contribution is 2.29. The number of para-hydroxylation sites is 1. The Balaban J connectivity index is 2.10. The van der Waals surface area contributed by atoms with E-state index >= 15 is 0 Å². The van der Waals surface area contributed by atoms with Crippen LogP contribution in [0.4, 0.5) is 0 Å². The average Bonchev–Trinajstić information content (AvgIpc) is 2.71. The number of ether oxygens (including phenoxy) is 1. The van der Waals surface area contributed by atoms with Gasteiger partial charge in [0.15, 0.2) is 4.34 Å². The number of hydrogen-bond donors (Lipinski definition) is 0. The summed E-state index contributed by atoms with van der Waals surface area (Å²) in [6.07, 6.45) is 1.39. The van der Waals surface area contributed by atoms with Crippen molar-refractivity contribution in [3.63, 3.8) is 0 Å². The topological polar surface area (TPSA) is 39.2 Å². The summed E-state index contributed by atoms with van der Waals surface area (Å²) in [4.78, 5) is 15.2. The molecule has 0 bridgehead atoms. The van der Waals surface area contributed by atoms with Crippen LogP contribution in [0.25, 0.3) is 10.2 Å². The smallest absolute Gasteiger partial charge is 0.330 e. The molecule has 2 rings (SSSR count). The third-order valence-electron chi connectivity index (χ3n) is 1.85. The predicted molar refractivity (Wildman–Crippen MR) is 66.6 cm³/mol. The molecule has 0 radical (unpaired) electrons. The molecule has 1 aromatic heterocycles. The Morgan fingerprint density at radius 3 is 3.06 bits per heavy atom. The van der Waals surface area contributed by atoms with Crippen LogP contribution in [-0.4, -0.2) is 18.1 Å². The molecule has 0 N–H and O–H groups in total. The summed E-state index contributed by atoms with van der Waals surface area (Å²) >= 11 is 3.02. The van der Waals surface area contributed by atoms with Crippen molar-refractivity contribution in [2.24, 2.45) is 0 Å². The number of aromatic nitrogens is 1. The maximum Gasteiger partial charge on any atom is 0.330 e. The molecule has 0 unspecified atom stereocenters. The predicted octanol–water partition coefficient (Wildman–Crippen LogP) is 3.08. The number of rotatable bonds is 3. The van der Waals surface area contributed by atoms with E-state index in [0.29, 0.717) is 0 Å². The van der Waals surface area contributed by atoms with Gasteiger partial charge in [-0.2, -0.15) is 0 Å². The quantitative estimate of drug-likeness (QED) is 0.477. The average molecular weight is 251 g/mol. The van der Waals surface area contributed by atoms with E-state index in [2.05, 4.69) is 9.72 Å². The number of carbonyl (C=O) groups excluding carboxylic acids is 1. The summed E-state index contributed by atoms with van der Waals surface area (Å²) < 4.78 is 6.56. The Morgan fingerprint density at radius 1 is 1.50 bits per heavy atom. The third-order valence-corrected chi connectivity index (χ3v) is 3.78. The molecule has 0 aliphatic heterocycles. The summed E-state index contributed by atoms with van der Waals surface area (Å²) in [5, 5.41) is 1.68. The van der Waals surface area contributed by atoms with Gasteiger partial charge < -0.3 is 4.74 Å². The number of thioether (sulfide) groups is 1. The summed E-state index contributed by atoms with van der Waals surface area (Å²) in [5.74, 6) is -0.353. The molecule has 5 heteroatoms. The van der Waals surface area contributed by atoms with Crippen LogP contribution in [-0.2, 0) is 9.53 Å². The Hall–Kier alpha value is -1.33. The third kappa shape index (κ3) is 2.62. The fourth-order valence-electron chi connectivity index (χ4n) is 1.12. The van der Waals surface area contributed by atoms with Crippen molar-refractivity contribution in [3.05, 3.63) is 35.7 Å². The number of nitrogens with zero attached hydrogens (tertiary/aromatic N) is 1. The van der Waals surface area contributed by atoms with Gasteiger partial charge in [-0.1, -0.05) is 23.9 Å². The Morgan fingerprint density at radius 2 is 2.31 bits per heavy atom. The highest BCUT2D eigenvalue weighted by molar-refractivity contribution is 8.03. The number of methoxy groups -OCH3 is 1. The van der Waals surface area contributed by atoms with Crippen molar-refractivity contribution >= 4 is 39.3 Å². The van der Waals surface area contributed by atoms with Gasteiger partial charge in [0, 0.05) is 6.08 Å². The molecular weight excluding hydrogens is 242 g/mol. The molecule has 2 aromatic rings. The largest absolute Gasteiger partial charge is 0.466 e. The SMILES string of the molecule is COC(=O)/C=C\Sc1nc2ccccc2s1. The maximum absolute atomic E-state index is 10.8. The standard InChI is InChI=1S/C11H9NO2S2/c1-14-10(13)6-7-15-11-12-8-4-2-3-5-9(8)16-11/h2-7H,1H3/b7-6-. The van der Waals surface area contributed by atoms with E-state index in [4.69, 9.17) is 0 Å². The lowest BCUT2D eigenvalue weighted by Crippen LogP contribution is -1.92. The van der Waals surface area contributed by atoms with Gasteiger partial charge in [0.05, 0.1) is 17.3 Å². The van der Waals surface area contributed by atoms with Crippen LogP contribution in [0.3, 0.4) is 0 Å². The molecule has 0 atom stereocenters. The fraction of sp³-hybridized carbons (Fsp3) is 0.0909. The van der Waals surface area contributed by atoms with Crippen LogP contribution in [0.1, 0.15) is 0 Å². The van der Waals surface area contributed by atoms with Crippen molar-refractivity contribution in [3.8, 4) is 0 Å². The zero-order chi connectivity index (χ0) is 11.4. The van der Waals surface area contributed by atoms with Crippen molar-refractivity contribution in [1.82, 2.24) is 4.98 Å². The van der Waals surface area contributed by atoms with E-state index in [9.17, 15) is 4.79 Å². The highest BCUT2D eigenvalue weighted by atomic mass is 32.2. The van der Waals surface area contributed by atoms with Crippen molar-refractivity contribution in [2.75, 3.05) is 7.11 Å². The van der Waals surface area contributed by atoms with E-state index in [0.717, 1.165) is 14.6 Å². The van der Waals surface area contributed by atoms with E-state index in [1.807, 2.05) is 24.3 Å². The molecule has 0 spiro atoms. The first-order chi connectivity index (χ1) is 7.79. The van der Waals surface area contributed by atoms with E-state index in [1.54, 1.807) is 16.7 Å². The second-order valence-corrected chi connectivity index (χ2v) is 5.07. The first-order valence-electron chi connectivity index (χ1n) is 4.56. The molecule has 0 amide bonds. The fourth-order valence-corrected chi connectivity index (χ4v) is 2.89. The number of fused-ring (bicyclic) bond motifs is 1. The molecule has 0 fully saturated rings. The molecule has 0 aliphatic rings. The van der Waals surface area contributed by atoms with Gasteiger partial charge in [-0.3, -0.25) is 0 Å². The van der Waals surface area contributed by atoms with Gasteiger partial charge in [-0.05, 0) is 17.5 Å². The summed E-state index contributed by atoms with van der Waals surface area (Å²) in [6, 6.07) is 7.95. The first kappa shape index (κ1) is 11.2. The van der Waals surface area contributed by atoms with E-state index < -0.39 is 0 Å². The maximum atomic E-state index is 10.8. The van der Waals surface area contributed by atoms with Crippen LogP contribution in [0.2, 0.25) is 0 Å². The van der Waals surface area contributed by atoms with Crippen LogP contribution >= 0.6 is 23.1 Å². The van der Waals surface area contributed by atoms with Crippen LogP contribution < -0.4 is 0 Å². The number of thiazole rings is 1. The summed E-state index contributed by atoms with van der Waals surface area (Å²) in [6.45, 7) is 0. The number of hydrogen-bond acceptors (Lipinski definition) is 5. The van der Waals surface area contributed by atoms with Gasteiger partial charge in [-0.25, -0.2) is 9.78 Å². The van der Waals surface area contributed by atoms with Gasteiger partial charge in [0.25, 0.3) is 0 Å². The van der Waals surface area contributed by atoms with Gasteiger partial charge >= 0.3 is 5.97 Å². The summed E-state index contributed by atoms with van der Waals surface area (Å²) in [7, 11) is 1.36. The second-order valence-electron chi connectivity index (χ2n) is 2.89. The Kier molecular flexibility index (Phi) is 3.58. The lowest BCUT2D eigenvalue weighted by Gasteiger charge is -1.88. The second kappa shape index (κ2) is 5.14. The minimum atomic E-state index is -0.353.